The fourth-order valence-corrected chi connectivity index (χ4v) is 0.888. The summed E-state index contributed by atoms with van der Waals surface area (Å²) in [5.74, 6) is -0.297. The molecule has 0 radical (unpaired) electrons. The number of carbonyl (C=O) groups excluding carboxylic acids is 2. The molecule has 1 aromatic rings. The van der Waals surface area contributed by atoms with E-state index in [1.165, 1.54) is 12.5 Å². The summed E-state index contributed by atoms with van der Waals surface area (Å²) in [6.07, 6.45) is 2.75. The van der Waals surface area contributed by atoms with Crippen LogP contribution in [0.1, 0.15) is 30.6 Å². The van der Waals surface area contributed by atoms with E-state index in [1.807, 2.05) is 0 Å². The molecule has 0 aliphatic rings. The molecule has 13 heavy (non-hydrogen) atoms. The molecule has 0 N–H and O–H groups in total. The number of hydrogen-bond acceptors (Lipinski definition) is 3. The normalized spacial score (nSPS) is 10.4. The summed E-state index contributed by atoms with van der Waals surface area (Å²) < 4.78 is 4.75. The summed E-state index contributed by atoms with van der Waals surface area (Å²) >= 11 is 0. The van der Waals surface area contributed by atoms with E-state index in [-0.39, 0.29) is 23.9 Å². The van der Waals surface area contributed by atoms with Gasteiger partial charge in [0.25, 0.3) is 0 Å². The largest absolute Gasteiger partial charge is 0.472 e. The molecule has 0 unspecified atom stereocenters. The van der Waals surface area contributed by atoms with Gasteiger partial charge in [-0.1, -0.05) is 13.8 Å². The molecule has 0 fully saturated rings. The number of hydrogen-bond donors (Lipinski definition) is 0. The fraction of sp³-hybridized carbons (Fsp3) is 0.400. The van der Waals surface area contributed by atoms with Crippen LogP contribution in [0.25, 0.3) is 0 Å². The first-order valence-corrected chi connectivity index (χ1v) is 4.19. The van der Waals surface area contributed by atoms with E-state index >= 15 is 0 Å². The average Bonchev–Trinajstić information content (AvgIpc) is 2.55. The number of furan rings is 1. The average molecular weight is 180 g/mol. The van der Waals surface area contributed by atoms with Gasteiger partial charge in [-0.05, 0) is 6.07 Å². The van der Waals surface area contributed by atoms with Crippen molar-refractivity contribution in [3.63, 3.8) is 0 Å². The van der Waals surface area contributed by atoms with Gasteiger partial charge in [-0.3, -0.25) is 9.59 Å². The lowest BCUT2D eigenvalue weighted by Gasteiger charge is -2.00. The third-order valence-electron chi connectivity index (χ3n) is 1.82. The fourth-order valence-electron chi connectivity index (χ4n) is 0.888. The highest BCUT2D eigenvalue weighted by Gasteiger charge is 2.14. The molecule has 3 nitrogen and oxygen atoms in total. The van der Waals surface area contributed by atoms with Gasteiger partial charge < -0.3 is 4.42 Å². The molecular formula is C10H12O3. The number of ketones is 2. The molecule has 0 saturated carbocycles. The second-order valence-corrected chi connectivity index (χ2v) is 3.23. The van der Waals surface area contributed by atoms with Crippen molar-refractivity contribution >= 4 is 11.6 Å². The molecule has 1 rings (SSSR count). The molecule has 0 spiro atoms. The number of rotatable bonds is 4. The van der Waals surface area contributed by atoms with Crippen LogP contribution in [-0.2, 0) is 4.79 Å². The van der Waals surface area contributed by atoms with Crippen LogP contribution in [0.4, 0.5) is 0 Å². The summed E-state index contributed by atoms with van der Waals surface area (Å²) in [6, 6.07) is 1.57. The molecule has 0 aliphatic heterocycles. The van der Waals surface area contributed by atoms with Gasteiger partial charge in [-0.25, -0.2) is 0 Å². The predicted molar refractivity (Wildman–Crippen MR) is 47.5 cm³/mol. The lowest BCUT2D eigenvalue weighted by Crippen LogP contribution is -2.12. The molecule has 0 aromatic carbocycles. The van der Waals surface area contributed by atoms with Crippen molar-refractivity contribution in [1.29, 1.82) is 0 Å². The molecule has 1 heterocycles. The van der Waals surface area contributed by atoms with Crippen molar-refractivity contribution in [3.8, 4) is 0 Å². The minimum absolute atomic E-state index is 0.0306. The van der Waals surface area contributed by atoms with Crippen LogP contribution in [0.15, 0.2) is 23.0 Å². The molecule has 1 aromatic heterocycles. The maximum atomic E-state index is 11.3. The molecule has 0 aliphatic carbocycles. The van der Waals surface area contributed by atoms with Gasteiger partial charge in [-0.15, -0.1) is 0 Å². The minimum Gasteiger partial charge on any atom is -0.472 e. The Morgan fingerprint density at radius 2 is 2.15 bits per heavy atom. The van der Waals surface area contributed by atoms with Gasteiger partial charge in [0.15, 0.2) is 5.78 Å². The van der Waals surface area contributed by atoms with E-state index in [9.17, 15) is 9.59 Å². The Kier molecular flexibility index (Phi) is 3.01. The van der Waals surface area contributed by atoms with Crippen LogP contribution >= 0.6 is 0 Å². The Hall–Kier alpha value is -1.38. The Morgan fingerprint density at radius 1 is 1.46 bits per heavy atom. The predicted octanol–water partition coefficient (Wildman–Crippen LogP) is 2.08. The molecule has 0 atom stereocenters. The lowest BCUT2D eigenvalue weighted by atomic mass is 10.0. The van der Waals surface area contributed by atoms with E-state index in [0.717, 1.165) is 0 Å². The lowest BCUT2D eigenvalue weighted by molar-refractivity contribution is -0.121. The Balaban J connectivity index is 2.57. The quantitative estimate of drug-likeness (QED) is 0.526. The van der Waals surface area contributed by atoms with E-state index in [0.29, 0.717) is 5.56 Å². The Morgan fingerprint density at radius 3 is 2.62 bits per heavy atom. The Labute approximate surface area is 76.7 Å². The summed E-state index contributed by atoms with van der Waals surface area (Å²) in [5, 5.41) is 0. The maximum Gasteiger partial charge on any atom is 0.173 e. The van der Waals surface area contributed by atoms with Crippen molar-refractivity contribution in [3.05, 3.63) is 24.2 Å². The second kappa shape index (κ2) is 4.03. The van der Waals surface area contributed by atoms with Crippen molar-refractivity contribution in [2.75, 3.05) is 0 Å². The van der Waals surface area contributed by atoms with E-state index < -0.39 is 0 Å². The van der Waals surface area contributed by atoms with Crippen LogP contribution in [0, 0.1) is 5.92 Å². The zero-order valence-electron chi connectivity index (χ0n) is 7.74. The number of carbonyl (C=O) groups is 2. The van der Waals surface area contributed by atoms with Crippen molar-refractivity contribution in [2.24, 2.45) is 5.92 Å². The van der Waals surface area contributed by atoms with Crippen molar-refractivity contribution in [1.82, 2.24) is 0 Å². The van der Waals surface area contributed by atoms with Crippen LogP contribution in [0.3, 0.4) is 0 Å². The van der Waals surface area contributed by atoms with Gasteiger partial charge >= 0.3 is 0 Å². The van der Waals surface area contributed by atoms with Crippen molar-refractivity contribution < 1.29 is 14.0 Å². The third kappa shape index (κ3) is 2.54. The topological polar surface area (TPSA) is 47.3 Å². The van der Waals surface area contributed by atoms with Gasteiger partial charge in [0.2, 0.25) is 0 Å². The number of Topliss-reactive ketones (excluding diaryl/α,β-unsaturated/α-hetero) is 2. The first-order valence-electron chi connectivity index (χ1n) is 4.19. The van der Waals surface area contributed by atoms with Crippen LogP contribution in [0.5, 0.6) is 0 Å². The smallest absolute Gasteiger partial charge is 0.173 e. The van der Waals surface area contributed by atoms with Crippen LogP contribution in [0.2, 0.25) is 0 Å². The van der Waals surface area contributed by atoms with Crippen LogP contribution in [-0.4, -0.2) is 11.6 Å². The zero-order valence-corrected chi connectivity index (χ0v) is 7.74. The summed E-state index contributed by atoms with van der Waals surface area (Å²) in [5.41, 5.74) is 0.467. The van der Waals surface area contributed by atoms with E-state index in [4.69, 9.17) is 4.42 Å². The van der Waals surface area contributed by atoms with Crippen LogP contribution < -0.4 is 0 Å². The van der Waals surface area contributed by atoms with Gasteiger partial charge in [0.1, 0.15) is 12.0 Å². The first kappa shape index (κ1) is 9.71. The SMILES string of the molecule is CC(C)C(=O)CC(=O)c1ccoc1. The Bertz CT molecular complexity index is 296. The summed E-state index contributed by atoms with van der Waals surface area (Å²) in [4.78, 5) is 22.5. The molecule has 0 saturated heterocycles. The van der Waals surface area contributed by atoms with E-state index in [2.05, 4.69) is 0 Å². The summed E-state index contributed by atoms with van der Waals surface area (Å²) in [7, 11) is 0. The first-order chi connectivity index (χ1) is 6.11. The van der Waals surface area contributed by atoms with Gasteiger partial charge in [-0.2, -0.15) is 0 Å². The second-order valence-electron chi connectivity index (χ2n) is 3.23. The minimum atomic E-state index is -0.174. The van der Waals surface area contributed by atoms with Gasteiger partial charge in [0.05, 0.1) is 18.2 Å². The monoisotopic (exact) mass is 180 g/mol. The maximum absolute atomic E-state index is 11.3. The molecule has 0 bridgehead atoms. The molecular weight excluding hydrogens is 168 g/mol. The molecule has 3 heteroatoms. The zero-order chi connectivity index (χ0) is 9.84. The van der Waals surface area contributed by atoms with Gasteiger partial charge in [0, 0.05) is 5.92 Å². The third-order valence-corrected chi connectivity index (χ3v) is 1.82. The summed E-state index contributed by atoms with van der Waals surface area (Å²) in [6.45, 7) is 3.57. The van der Waals surface area contributed by atoms with Crippen molar-refractivity contribution in [2.45, 2.75) is 20.3 Å². The highest BCUT2D eigenvalue weighted by Crippen LogP contribution is 2.07. The molecule has 0 amide bonds. The highest BCUT2D eigenvalue weighted by atomic mass is 16.3. The molecule has 70 valence electrons. The standard InChI is InChI=1S/C10H12O3/c1-7(2)9(11)5-10(12)8-3-4-13-6-8/h3-4,6-7H,5H2,1-2H3. The highest BCUT2D eigenvalue weighted by molar-refractivity contribution is 6.08. The van der Waals surface area contributed by atoms with E-state index in [1.54, 1.807) is 19.9 Å².